The second-order valence-corrected chi connectivity index (χ2v) is 2.82. The van der Waals surface area contributed by atoms with Crippen molar-refractivity contribution in [2.24, 2.45) is 0 Å². The zero-order valence-electron chi connectivity index (χ0n) is 7.95. The smallest absolute Gasteiger partial charge is 0.311 e. The second kappa shape index (κ2) is 5.17. The Hall–Kier alpha value is -1.64. The first kappa shape index (κ1) is 10.4. The van der Waals surface area contributed by atoms with Gasteiger partial charge in [-0.05, 0) is 18.6 Å². The maximum absolute atomic E-state index is 11.1. The van der Waals surface area contributed by atoms with Crippen LogP contribution in [0.2, 0.25) is 0 Å². The lowest BCUT2D eigenvalue weighted by Gasteiger charge is -2.04. The van der Waals surface area contributed by atoms with Gasteiger partial charge < -0.3 is 4.74 Å². The molecule has 0 unspecified atom stereocenters. The molecule has 0 aliphatic carbocycles. The minimum atomic E-state index is -0.324. The van der Waals surface area contributed by atoms with Gasteiger partial charge in [-0.2, -0.15) is 0 Å². The van der Waals surface area contributed by atoms with Gasteiger partial charge in [-0.25, -0.2) is 0 Å². The largest absolute Gasteiger partial charge is 0.426 e. The molecule has 0 N–H and O–H groups in total. The average molecular weight is 191 g/mol. The van der Waals surface area contributed by atoms with E-state index >= 15 is 0 Å². The van der Waals surface area contributed by atoms with Crippen molar-refractivity contribution in [1.82, 2.24) is 0 Å². The van der Waals surface area contributed by atoms with E-state index in [1.165, 1.54) is 0 Å². The van der Waals surface area contributed by atoms with E-state index in [4.69, 9.17) is 4.74 Å². The molecule has 14 heavy (non-hydrogen) atoms. The third kappa shape index (κ3) is 2.69. The van der Waals surface area contributed by atoms with Crippen molar-refractivity contribution in [2.45, 2.75) is 19.8 Å². The lowest BCUT2D eigenvalue weighted by Crippen LogP contribution is -2.08. The second-order valence-electron chi connectivity index (χ2n) is 2.82. The number of esters is 1. The van der Waals surface area contributed by atoms with Gasteiger partial charge in [0, 0.05) is 6.42 Å². The molecule has 1 rings (SSSR count). The molecule has 0 amide bonds. The lowest BCUT2D eigenvalue weighted by atomic mass is 10.2. The Balaban J connectivity index is 2.75. The Morgan fingerprint density at radius 2 is 2.14 bits per heavy atom. The van der Waals surface area contributed by atoms with Crippen LogP contribution in [0.15, 0.2) is 24.3 Å². The van der Waals surface area contributed by atoms with Gasteiger partial charge in [0.15, 0.2) is 0 Å². The molecule has 0 fully saturated rings. The Morgan fingerprint density at radius 3 is 2.79 bits per heavy atom. The van der Waals surface area contributed by atoms with E-state index in [9.17, 15) is 9.59 Å². The topological polar surface area (TPSA) is 43.4 Å². The number of rotatable bonds is 4. The molecule has 0 bridgehead atoms. The third-order valence-corrected chi connectivity index (χ3v) is 1.67. The van der Waals surface area contributed by atoms with Crippen LogP contribution in [0.25, 0.3) is 0 Å². The minimum absolute atomic E-state index is 0.275. The fourth-order valence-corrected chi connectivity index (χ4v) is 1.02. The summed E-state index contributed by atoms with van der Waals surface area (Å²) in [6, 6.07) is 6.53. The molecule has 0 saturated heterocycles. The molecular formula is C11H11O3. The van der Waals surface area contributed by atoms with E-state index < -0.39 is 0 Å². The van der Waals surface area contributed by atoms with Gasteiger partial charge in [0.1, 0.15) is 5.75 Å². The van der Waals surface area contributed by atoms with Gasteiger partial charge in [-0.1, -0.05) is 19.1 Å². The van der Waals surface area contributed by atoms with Crippen molar-refractivity contribution in [3.63, 3.8) is 0 Å². The Kier molecular flexibility index (Phi) is 3.85. The number of hydrogen-bond donors (Lipinski definition) is 0. The Bertz CT molecular complexity index is 331. The van der Waals surface area contributed by atoms with E-state index in [0.717, 1.165) is 6.42 Å². The standard InChI is InChI=1S/C11H11O3/c1-2-5-11(13)14-10-7-4-3-6-9(10)8-12/h3-4,6-7H,2,5H2,1H3. The first-order valence-corrected chi connectivity index (χ1v) is 4.45. The van der Waals surface area contributed by atoms with Crippen molar-refractivity contribution in [3.8, 4) is 5.75 Å². The van der Waals surface area contributed by atoms with Gasteiger partial charge in [0.05, 0.1) is 5.56 Å². The maximum Gasteiger partial charge on any atom is 0.311 e. The minimum Gasteiger partial charge on any atom is -0.426 e. The van der Waals surface area contributed by atoms with Gasteiger partial charge in [0.2, 0.25) is 6.29 Å². The van der Waals surface area contributed by atoms with Gasteiger partial charge >= 0.3 is 5.97 Å². The zero-order valence-corrected chi connectivity index (χ0v) is 7.95. The van der Waals surface area contributed by atoms with Crippen molar-refractivity contribution < 1.29 is 14.3 Å². The summed E-state index contributed by atoms with van der Waals surface area (Å²) in [4.78, 5) is 21.6. The maximum atomic E-state index is 11.1. The van der Waals surface area contributed by atoms with Crippen molar-refractivity contribution in [3.05, 3.63) is 29.8 Å². The highest BCUT2D eigenvalue weighted by Crippen LogP contribution is 2.16. The number of ether oxygens (including phenoxy) is 1. The van der Waals surface area contributed by atoms with Crippen molar-refractivity contribution in [1.29, 1.82) is 0 Å². The molecule has 1 aromatic rings. The van der Waals surface area contributed by atoms with E-state index in [-0.39, 0.29) is 17.3 Å². The van der Waals surface area contributed by atoms with Crippen LogP contribution in [-0.4, -0.2) is 12.3 Å². The van der Waals surface area contributed by atoms with E-state index in [2.05, 4.69) is 0 Å². The average Bonchev–Trinajstić information content (AvgIpc) is 2.19. The molecule has 0 aromatic heterocycles. The number of benzene rings is 1. The van der Waals surface area contributed by atoms with Crippen LogP contribution in [0.3, 0.4) is 0 Å². The molecule has 0 saturated carbocycles. The molecule has 3 nitrogen and oxygen atoms in total. The first-order chi connectivity index (χ1) is 6.77. The molecule has 0 spiro atoms. The summed E-state index contributed by atoms with van der Waals surface area (Å²) in [5, 5.41) is 0. The number of hydrogen-bond acceptors (Lipinski definition) is 3. The van der Waals surface area contributed by atoms with Crippen LogP contribution in [0.1, 0.15) is 25.3 Å². The van der Waals surface area contributed by atoms with Crippen LogP contribution in [0.4, 0.5) is 0 Å². The predicted molar refractivity (Wildman–Crippen MR) is 51.8 cm³/mol. The Labute approximate surface area is 82.7 Å². The summed E-state index contributed by atoms with van der Waals surface area (Å²) in [6.07, 6.45) is 2.80. The zero-order chi connectivity index (χ0) is 10.4. The molecule has 0 heterocycles. The number of para-hydroxylation sites is 1. The van der Waals surface area contributed by atoms with Gasteiger partial charge in [-0.3, -0.25) is 9.59 Å². The summed E-state index contributed by atoms with van der Waals surface area (Å²) in [6.45, 7) is 1.89. The lowest BCUT2D eigenvalue weighted by molar-refractivity contribution is -0.134. The van der Waals surface area contributed by atoms with Crippen LogP contribution >= 0.6 is 0 Å². The van der Waals surface area contributed by atoms with E-state index in [1.807, 2.05) is 6.92 Å². The first-order valence-electron chi connectivity index (χ1n) is 4.45. The highest BCUT2D eigenvalue weighted by Gasteiger charge is 2.07. The quantitative estimate of drug-likeness (QED) is 0.538. The van der Waals surface area contributed by atoms with Crippen molar-refractivity contribution >= 4 is 12.3 Å². The van der Waals surface area contributed by atoms with E-state index in [1.54, 1.807) is 30.6 Å². The molecule has 1 radical (unpaired) electrons. The van der Waals surface area contributed by atoms with E-state index in [0.29, 0.717) is 6.42 Å². The molecule has 0 aliphatic rings. The number of carbonyl (C=O) groups is 1. The molecular weight excluding hydrogens is 180 g/mol. The highest BCUT2D eigenvalue weighted by molar-refractivity contribution is 5.82. The molecule has 3 heteroatoms. The van der Waals surface area contributed by atoms with Gasteiger partial charge in [0.25, 0.3) is 0 Å². The van der Waals surface area contributed by atoms with Crippen LogP contribution in [-0.2, 0) is 9.59 Å². The molecule has 0 atom stereocenters. The molecule has 0 aliphatic heterocycles. The fraction of sp³-hybridized carbons (Fsp3) is 0.273. The third-order valence-electron chi connectivity index (χ3n) is 1.67. The Morgan fingerprint density at radius 1 is 1.43 bits per heavy atom. The molecule has 73 valence electrons. The molecule has 1 aromatic carbocycles. The summed E-state index contributed by atoms with van der Waals surface area (Å²) >= 11 is 0. The van der Waals surface area contributed by atoms with Crippen molar-refractivity contribution in [2.75, 3.05) is 0 Å². The van der Waals surface area contributed by atoms with Crippen LogP contribution in [0, 0.1) is 0 Å². The van der Waals surface area contributed by atoms with Crippen LogP contribution < -0.4 is 4.74 Å². The number of carbonyl (C=O) groups excluding carboxylic acids is 2. The normalized spacial score (nSPS) is 9.50. The monoisotopic (exact) mass is 191 g/mol. The van der Waals surface area contributed by atoms with Gasteiger partial charge in [-0.15, -0.1) is 0 Å². The summed E-state index contributed by atoms with van der Waals surface area (Å²) in [5.41, 5.74) is 0.275. The summed E-state index contributed by atoms with van der Waals surface area (Å²) < 4.78 is 4.98. The van der Waals surface area contributed by atoms with Crippen LogP contribution in [0.5, 0.6) is 5.75 Å². The fourth-order valence-electron chi connectivity index (χ4n) is 1.02. The highest BCUT2D eigenvalue weighted by atomic mass is 16.5. The predicted octanol–water partition coefficient (Wildman–Crippen LogP) is 1.85. The SMILES string of the molecule is CCCC(=O)Oc1ccccc1[C]=O. The summed E-state index contributed by atoms with van der Waals surface area (Å²) in [5.74, 6) is -0.0452. The summed E-state index contributed by atoms with van der Waals surface area (Å²) in [7, 11) is 0.